The van der Waals surface area contributed by atoms with Crippen LogP contribution in [-0.4, -0.2) is 0 Å². The Morgan fingerprint density at radius 3 is 1.90 bits per heavy atom. The van der Waals surface area contributed by atoms with Crippen LogP contribution in [0.4, 0.5) is 13.2 Å². The van der Waals surface area contributed by atoms with Gasteiger partial charge in [0.25, 0.3) is 0 Å². The molecule has 0 heterocycles. The van der Waals surface area contributed by atoms with Crippen molar-refractivity contribution in [1.82, 2.24) is 0 Å². The molecule has 0 bridgehead atoms. The van der Waals surface area contributed by atoms with Crippen molar-refractivity contribution >= 4 is 0 Å². The van der Waals surface area contributed by atoms with Crippen LogP contribution >= 0.6 is 0 Å². The first-order chi connectivity index (χ1) is 19.0. The van der Waals surface area contributed by atoms with Crippen LogP contribution in [0.15, 0.2) is 36.4 Å². The molecule has 2 fully saturated rings. The molecule has 2 aromatic carbocycles. The third-order valence-corrected chi connectivity index (χ3v) is 10.2. The fourth-order valence-corrected chi connectivity index (χ4v) is 7.66. The van der Waals surface area contributed by atoms with Crippen LogP contribution in [0.5, 0.6) is 0 Å². The van der Waals surface area contributed by atoms with Gasteiger partial charge in [-0.25, -0.2) is 13.2 Å². The Labute approximate surface area is 236 Å². The van der Waals surface area contributed by atoms with Crippen molar-refractivity contribution in [3.63, 3.8) is 0 Å². The monoisotopic (exact) mass is 540 g/mol. The summed E-state index contributed by atoms with van der Waals surface area (Å²) in [6.45, 7) is 2.29. The van der Waals surface area contributed by atoms with Crippen LogP contribution in [0.25, 0.3) is 11.1 Å². The lowest BCUT2D eigenvalue weighted by atomic mass is 9.58. The third kappa shape index (κ3) is 8.61. The van der Waals surface area contributed by atoms with E-state index < -0.39 is 17.5 Å². The molecule has 0 saturated heterocycles. The topological polar surface area (TPSA) is 0 Å². The van der Waals surface area contributed by atoms with Gasteiger partial charge in [0.1, 0.15) is 0 Å². The zero-order valence-electron chi connectivity index (χ0n) is 24.4. The molecule has 0 amide bonds. The maximum absolute atomic E-state index is 13.7. The summed E-state index contributed by atoms with van der Waals surface area (Å²) < 4.78 is 40.8. The van der Waals surface area contributed by atoms with Gasteiger partial charge in [0.15, 0.2) is 17.5 Å². The molecule has 0 N–H and O–H groups in total. The number of benzene rings is 2. The molecule has 0 spiro atoms. The van der Waals surface area contributed by atoms with Gasteiger partial charge in [0.05, 0.1) is 0 Å². The highest BCUT2D eigenvalue weighted by molar-refractivity contribution is 5.63. The second kappa shape index (κ2) is 15.3. The van der Waals surface area contributed by atoms with Gasteiger partial charge in [0.2, 0.25) is 0 Å². The first-order valence-electron chi connectivity index (χ1n) is 16.2. The first-order valence-corrected chi connectivity index (χ1v) is 16.2. The Bertz CT molecular complexity index is 958. The fourth-order valence-electron chi connectivity index (χ4n) is 7.66. The van der Waals surface area contributed by atoms with E-state index in [2.05, 4.69) is 19.1 Å². The van der Waals surface area contributed by atoms with Gasteiger partial charge in [-0.3, -0.25) is 0 Å². The van der Waals surface area contributed by atoms with E-state index in [0.717, 1.165) is 36.0 Å². The summed E-state index contributed by atoms with van der Waals surface area (Å²) in [7, 11) is 0. The lowest BCUT2D eigenvalue weighted by Gasteiger charge is -2.48. The number of aryl methyl sites for hydroxylation is 1. The average Bonchev–Trinajstić information content (AvgIpc) is 2.97. The van der Waals surface area contributed by atoms with E-state index in [1.54, 1.807) is 0 Å². The molecular weight excluding hydrogens is 489 g/mol. The van der Waals surface area contributed by atoms with Crippen molar-refractivity contribution in [3.05, 3.63) is 59.4 Å². The highest BCUT2D eigenvalue weighted by atomic mass is 19.2. The van der Waals surface area contributed by atoms with Gasteiger partial charge >= 0.3 is 0 Å². The van der Waals surface area contributed by atoms with E-state index in [0.29, 0.717) is 11.0 Å². The quantitative estimate of drug-likeness (QED) is 0.165. The van der Waals surface area contributed by atoms with Crippen molar-refractivity contribution in [2.75, 3.05) is 0 Å². The van der Waals surface area contributed by atoms with E-state index in [1.807, 2.05) is 12.1 Å². The van der Waals surface area contributed by atoms with Crippen molar-refractivity contribution in [1.29, 1.82) is 0 Å². The molecule has 0 nitrogen and oxygen atoms in total. The molecule has 2 aliphatic carbocycles. The lowest BCUT2D eigenvalue weighted by molar-refractivity contribution is 0.0379. The molecule has 0 unspecified atom stereocenters. The summed E-state index contributed by atoms with van der Waals surface area (Å²) in [5.74, 6) is -1.88. The fraction of sp³-hybridized carbons (Fsp3) is 0.667. The number of unbranched alkanes of at least 4 members (excludes halogenated alkanes) is 7. The molecule has 2 aromatic rings. The summed E-state index contributed by atoms with van der Waals surface area (Å²) in [5, 5.41) is 0. The van der Waals surface area contributed by atoms with Crippen molar-refractivity contribution < 1.29 is 13.2 Å². The van der Waals surface area contributed by atoms with Crippen molar-refractivity contribution in [2.24, 2.45) is 17.3 Å². The highest BCUT2D eigenvalue weighted by Crippen LogP contribution is 2.52. The van der Waals surface area contributed by atoms with E-state index >= 15 is 0 Å². The van der Waals surface area contributed by atoms with Crippen LogP contribution < -0.4 is 0 Å². The van der Waals surface area contributed by atoms with Gasteiger partial charge < -0.3 is 0 Å². The molecule has 0 atom stereocenters. The summed E-state index contributed by atoms with van der Waals surface area (Å²) in [4.78, 5) is 0. The maximum atomic E-state index is 13.7. The SMILES string of the molecule is CCCCCCCCCC[C@H]1CC[C@](CCc2ccc(-c3cc(F)c(F)c(F)c3)cc2)(C2CCCCC2)CC1. The molecule has 0 aromatic heterocycles. The average molecular weight is 541 g/mol. The van der Waals surface area contributed by atoms with Gasteiger partial charge in [-0.1, -0.05) is 108 Å². The first kappa shape index (κ1) is 30.2. The Morgan fingerprint density at radius 1 is 0.692 bits per heavy atom. The summed E-state index contributed by atoms with van der Waals surface area (Å²) >= 11 is 0. The minimum Gasteiger partial charge on any atom is -0.204 e. The molecule has 39 heavy (non-hydrogen) atoms. The van der Waals surface area contributed by atoms with Gasteiger partial charge in [-0.05, 0) is 97.4 Å². The summed E-state index contributed by atoms with van der Waals surface area (Å²) in [6.07, 6.45) is 27.6. The largest absolute Gasteiger partial charge is 0.204 e. The van der Waals surface area contributed by atoms with Crippen LogP contribution in [0.1, 0.15) is 134 Å². The van der Waals surface area contributed by atoms with Gasteiger partial charge in [-0.2, -0.15) is 0 Å². The zero-order valence-corrected chi connectivity index (χ0v) is 24.4. The van der Waals surface area contributed by atoms with Crippen molar-refractivity contribution in [2.45, 2.75) is 135 Å². The smallest absolute Gasteiger partial charge is 0.194 e. The van der Waals surface area contributed by atoms with Crippen LogP contribution in [0, 0.1) is 34.7 Å². The molecule has 2 aliphatic rings. The van der Waals surface area contributed by atoms with E-state index in [4.69, 9.17) is 0 Å². The zero-order chi connectivity index (χ0) is 27.5. The Kier molecular flexibility index (Phi) is 11.8. The molecule has 3 heteroatoms. The van der Waals surface area contributed by atoms with Crippen LogP contribution in [0.3, 0.4) is 0 Å². The number of rotatable bonds is 14. The minimum absolute atomic E-state index is 0.381. The van der Waals surface area contributed by atoms with E-state index in [9.17, 15) is 13.2 Å². The van der Waals surface area contributed by atoms with Gasteiger partial charge in [-0.15, -0.1) is 0 Å². The molecule has 0 aliphatic heterocycles. The van der Waals surface area contributed by atoms with Crippen molar-refractivity contribution in [3.8, 4) is 11.1 Å². The van der Waals surface area contributed by atoms with Gasteiger partial charge in [0, 0.05) is 0 Å². The Balaban J connectivity index is 1.29. The standard InChI is InChI=1S/C36H51F3/c1-2-3-4-5-6-7-8-10-13-28-20-23-36(24-21-28,32-14-11-9-12-15-32)25-22-29-16-18-30(19-17-29)31-26-33(37)35(39)34(38)27-31/h16-19,26-28,32H,2-15,20-25H2,1H3/t28-,36-. The van der Waals surface area contributed by atoms with Crippen LogP contribution in [-0.2, 0) is 6.42 Å². The number of halogens is 3. The summed E-state index contributed by atoms with van der Waals surface area (Å²) in [6, 6.07) is 10.2. The summed E-state index contributed by atoms with van der Waals surface area (Å²) in [5.41, 5.74) is 2.88. The lowest BCUT2D eigenvalue weighted by Crippen LogP contribution is -2.36. The molecular formula is C36H51F3. The molecule has 2 saturated carbocycles. The van der Waals surface area contributed by atoms with Crippen LogP contribution in [0.2, 0.25) is 0 Å². The van der Waals surface area contributed by atoms with E-state index in [-0.39, 0.29) is 0 Å². The van der Waals surface area contributed by atoms with E-state index in [1.165, 1.54) is 128 Å². The predicted octanol–water partition coefficient (Wildman–Crippen LogP) is 12.0. The Hall–Kier alpha value is -1.77. The normalized spacial score (nSPS) is 22.3. The highest BCUT2D eigenvalue weighted by Gasteiger charge is 2.41. The predicted molar refractivity (Wildman–Crippen MR) is 158 cm³/mol. The second-order valence-corrected chi connectivity index (χ2v) is 12.9. The number of hydrogen-bond donors (Lipinski definition) is 0. The maximum Gasteiger partial charge on any atom is 0.194 e. The molecule has 0 radical (unpaired) electrons. The number of hydrogen-bond acceptors (Lipinski definition) is 0. The molecule has 4 rings (SSSR count). The third-order valence-electron chi connectivity index (χ3n) is 10.2. The minimum atomic E-state index is -1.41. The molecule has 216 valence electrons. The second-order valence-electron chi connectivity index (χ2n) is 12.9. The Morgan fingerprint density at radius 2 is 1.28 bits per heavy atom.